The Bertz CT molecular complexity index is 856. The van der Waals surface area contributed by atoms with Crippen LogP contribution >= 0.6 is 12.2 Å². The molecule has 1 aliphatic heterocycles. The van der Waals surface area contributed by atoms with Gasteiger partial charge in [-0.25, -0.2) is 0 Å². The van der Waals surface area contributed by atoms with E-state index in [-0.39, 0.29) is 5.41 Å². The van der Waals surface area contributed by atoms with Gasteiger partial charge in [-0.3, -0.25) is 9.89 Å². The van der Waals surface area contributed by atoms with Crippen LogP contribution in [-0.4, -0.2) is 38.7 Å². The van der Waals surface area contributed by atoms with Crippen LogP contribution in [0.3, 0.4) is 0 Å². The second-order valence-electron chi connectivity index (χ2n) is 7.46. The smallest absolute Gasteiger partial charge is 0.233 e. The molecule has 5 nitrogen and oxygen atoms in total. The Morgan fingerprint density at radius 3 is 2.60 bits per heavy atom. The minimum absolute atomic E-state index is 0.260. The summed E-state index contributed by atoms with van der Waals surface area (Å²) in [6.45, 7) is 3.69. The molecule has 1 aromatic carbocycles. The van der Waals surface area contributed by atoms with Crippen LogP contribution in [0.1, 0.15) is 48.6 Å². The lowest BCUT2D eigenvalue weighted by Crippen LogP contribution is -2.44. The highest BCUT2D eigenvalue weighted by Crippen LogP contribution is 2.50. The number of rotatable bonds is 3. The van der Waals surface area contributed by atoms with Crippen LogP contribution in [0.2, 0.25) is 0 Å². The zero-order chi connectivity index (χ0) is 17.6. The van der Waals surface area contributed by atoms with Gasteiger partial charge in [-0.05, 0) is 50.4 Å². The van der Waals surface area contributed by atoms with Crippen LogP contribution in [0, 0.1) is 11.7 Å². The number of nitrogens with one attached hydrogen (secondary N) is 1. The van der Waals surface area contributed by atoms with Crippen molar-refractivity contribution in [2.45, 2.75) is 43.9 Å². The second kappa shape index (κ2) is 6.09. The average molecular weight is 356 g/mol. The standard InChI is InChI=1S/C19H24N4OS/c1-13-4-3-5-15(12-13)19(8-9-19)17(24)23-10-6-14(7-11-23)16-20-21-18(25)22(16)2/h3-5,12,14H,6-11H2,1-2H3,(H,21,25). The molecule has 0 bridgehead atoms. The molecule has 6 heteroatoms. The highest BCUT2D eigenvalue weighted by molar-refractivity contribution is 7.71. The molecule has 0 unspecified atom stereocenters. The molecule has 0 spiro atoms. The van der Waals surface area contributed by atoms with E-state index in [9.17, 15) is 4.79 Å². The number of carbonyl (C=O) groups excluding carboxylic acids is 1. The molecule has 2 heterocycles. The Morgan fingerprint density at radius 2 is 2.04 bits per heavy atom. The molecule has 1 N–H and O–H groups in total. The van der Waals surface area contributed by atoms with E-state index in [0.29, 0.717) is 16.6 Å². The fourth-order valence-corrected chi connectivity index (χ4v) is 4.20. The van der Waals surface area contributed by atoms with E-state index in [1.54, 1.807) is 0 Å². The minimum atomic E-state index is -0.260. The molecule has 1 saturated heterocycles. The lowest BCUT2D eigenvalue weighted by molar-refractivity contribution is -0.135. The Morgan fingerprint density at radius 1 is 1.32 bits per heavy atom. The molecular formula is C19H24N4OS. The van der Waals surface area contributed by atoms with Crippen molar-refractivity contribution in [1.82, 2.24) is 19.7 Å². The number of nitrogens with zero attached hydrogens (tertiary/aromatic N) is 3. The van der Waals surface area contributed by atoms with E-state index in [4.69, 9.17) is 12.2 Å². The quantitative estimate of drug-likeness (QED) is 0.859. The topological polar surface area (TPSA) is 53.9 Å². The summed E-state index contributed by atoms with van der Waals surface area (Å²) in [5.74, 6) is 1.69. The first-order chi connectivity index (χ1) is 12.0. The van der Waals surface area contributed by atoms with Crippen molar-refractivity contribution < 1.29 is 4.79 Å². The summed E-state index contributed by atoms with van der Waals surface area (Å²) in [7, 11) is 1.95. The Balaban J connectivity index is 1.47. The Hall–Kier alpha value is -1.95. The van der Waals surface area contributed by atoms with Crippen LogP contribution < -0.4 is 0 Å². The minimum Gasteiger partial charge on any atom is -0.342 e. The molecule has 2 fully saturated rings. The Labute approximate surface area is 153 Å². The zero-order valence-corrected chi connectivity index (χ0v) is 15.6. The normalized spacial score (nSPS) is 19.8. The number of likely N-dealkylation sites (tertiary alicyclic amines) is 1. The summed E-state index contributed by atoms with van der Waals surface area (Å²) in [6.07, 6.45) is 3.85. The van der Waals surface area contributed by atoms with Crippen molar-refractivity contribution in [3.8, 4) is 0 Å². The number of benzene rings is 1. The van der Waals surface area contributed by atoms with Gasteiger partial charge in [0.15, 0.2) is 4.77 Å². The van der Waals surface area contributed by atoms with E-state index < -0.39 is 0 Å². The summed E-state index contributed by atoms with van der Waals surface area (Å²) in [6, 6.07) is 8.44. The third-order valence-electron chi connectivity index (χ3n) is 5.79. The average Bonchev–Trinajstić information content (AvgIpc) is 3.37. The third-order valence-corrected chi connectivity index (χ3v) is 6.16. The molecule has 1 amide bonds. The van der Waals surface area contributed by atoms with Crippen molar-refractivity contribution in [1.29, 1.82) is 0 Å². The van der Waals surface area contributed by atoms with Crippen LogP contribution in [-0.2, 0) is 17.3 Å². The van der Waals surface area contributed by atoms with Crippen LogP contribution in [0.15, 0.2) is 24.3 Å². The van der Waals surface area contributed by atoms with Gasteiger partial charge >= 0.3 is 0 Å². The zero-order valence-electron chi connectivity index (χ0n) is 14.8. The SMILES string of the molecule is Cc1cccc(C2(C(=O)N3CCC(c4n[nH]c(=S)n4C)CC3)CC2)c1. The van der Waals surface area contributed by atoms with Crippen molar-refractivity contribution in [3.63, 3.8) is 0 Å². The molecule has 1 aromatic heterocycles. The molecule has 1 aliphatic carbocycles. The summed E-state index contributed by atoms with van der Waals surface area (Å²) in [4.78, 5) is 15.3. The van der Waals surface area contributed by atoms with E-state index in [2.05, 4.69) is 46.3 Å². The van der Waals surface area contributed by atoms with E-state index >= 15 is 0 Å². The van der Waals surface area contributed by atoms with Gasteiger partial charge in [-0.1, -0.05) is 29.8 Å². The summed E-state index contributed by atoms with van der Waals surface area (Å²) in [5.41, 5.74) is 2.15. The van der Waals surface area contributed by atoms with Gasteiger partial charge in [0.05, 0.1) is 5.41 Å². The van der Waals surface area contributed by atoms with Gasteiger partial charge in [-0.15, -0.1) is 0 Å². The highest BCUT2D eigenvalue weighted by atomic mass is 32.1. The molecular weight excluding hydrogens is 332 g/mol. The maximum absolute atomic E-state index is 13.2. The molecule has 25 heavy (non-hydrogen) atoms. The maximum Gasteiger partial charge on any atom is 0.233 e. The van der Waals surface area contributed by atoms with Gasteiger partial charge in [0, 0.05) is 26.1 Å². The number of piperidine rings is 1. The fraction of sp³-hybridized carbons (Fsp3) is 0.526. The number of aryl methyl sites for hydroxylation is 1. The van der Waals surface area contributed by atoms with Crippen molar-refractivity contribution in [2.24, 2.45) is 7.05 Å². The second-order valence-corrected chi connectivity index (χ2v) is 7.85. The lowest BCUT2D eigenvalue weighted by Gasteiger charge is -2.34. The summed E-state index contributed by atoms with van der Waals surface area (Å²) >= 11 is 5.21. The number of H-pyrrole nitrogens is 1. The van der Waals surface area contributed by atoms with E-state index in [0.717, 1.165) is 44.6 Å². The first kappa shape index (κ1) is 16.5. The van der Waals surface area contributed by atoms with Gasteiger partial charge < -0.3 is 9.47 Å². The van der Waals surface area contributed by atoms with E-state index in [1.807, 2.05) is 11.6 Å². The maximum atomic E-state index is 13.2. The van der Waals surface area contributed by atoms with Crippen LogP contribution in [0.25, 0.3) is 0 Å². The molecule has 0 radical (unpaired) electrons. The number of carbonyl (C=O) groups is 1. The first-order valence-corrected chi connectivity index (χ1v) is 9.40. The molecule has 132 valence electrons. The fourth-order valence-electron chi connectivity index (χ4n) is 4.06. The number of aromatic amines is 1. The largest absolute Gasteiger partial charge is 0.342 e. The van der Waals surface area contributed by atoms with Gasteiger partial charge in [0.25, 0.3) is 0 Å². The predicted molar refractivity (Wildman–Crippen MR) is 99.0 cm³/mol. The van der Waals surface area contributed by atoms with Crippen LogP contribution in [0.5, 0.6) is 0 Å². The molecule has 4 rings (SSSR count). The van der Waals surface area contributed by atoms with Gasteiger partial charge in [-0.2, -0.15) is 5.10 Å². The van der Waals surface area contributed by atoms with Crippen molar-refractivity contribution >= 4 is 18.1 Å². The number of hydrogen-bond donors (Lipinski definition) is 1. The van der Waals surface area contributed by atoms with Gasteiger partial charge in [0.2, 0.25) is 5.91 Å². The molecule has 2 aliphatic rings. The van der Waals surface area contributed by atoms with Crippen molar-refractivity contribution in [3.05, 3.63) is 46.0 Å². The highest BCUT2D eigenvalue weighted by Gasteiger charge is 2.53. The van der Waals surface area contributed by atoms with Gasteiger partial charge in [0.1, 0.15) is 5.82 Å². The molecule has 0 atom stereocenters. The first-order valence-electron chi connectivity index (χ1n) is 8.99. The van der Waals surface area contributed by atoms with Crippen molar-refractivity contribution in [2.75, 3.05) is 13.1 Å². The lowest BCUT2D eigenvalue weighted by atomic mass is 9.90. The molecule has 1 saturated carbocycles. The Kier molecular flexibility index (Phi) is 4.02. The van der Waals surface area contributed by atoms with Crippen LogP contribution in [0.4, 0.5) is 0 Å². The summed E-state index contributed by atoms with van der Waals surface area (Å²) in [5, 5.41) is 7.23. The molecule has 2 aromatic rings. The monoisotopic (exact) mass is 356 g/mol. The number of aromatic nitrogens is 3. The third kappa shape index (κ3) is 2.82. The number of amides is 1. The predicted octanol–water partition coefficient (Wildman–Crippen LogP) is 3.22. The summed E-state index contributed by atoms with van der Waals surface area (Å²) < 4.78 is 2.61. The number of hydrogen-bond acceptors (Lipinski definition) is 3. The van der Waals surface area contributed by atoms with E-state index in [1.165, 1.54) is 11.1 Å².